The first kappa shape index (κ1) is 28.6. The molecule has 0 N–H and O–H groups in total. The first-order valence-electron chi connectivity index (χ1n) is 17.1. The molecule has 2 aromatic heterocycles. The molecule has 1 aliphatic rings. The Kier molecular flexibility index (Phi) is 6.19. The number of aromatic nitrogens is 4. The maximum atomic E-state index is 5.25. The van der Waals surface area contributed by atoms with E-state index in [1.807, 2.05) is 24.3 Å². The average molecular weight is 641 g/mol. The van der Waals surface area contributed by atoms with Crippen molar-refractivity contribution in [1.82, 2.24) is 19.5 Å². The predicted molar refractivity (Wildman–Crippen MR) is 206 cm³/mol. The molecular formula is C46H32N4. The number of fused-ring (bicyclic) bond motifs is 6. The molecule has 7 aromatic carbocycles. The van der Waals surface area contributed by atoms with Gasteiger partial charge in [0.2, 0.25) is 5.95 Å². The fourth-order valence-corrected chi connectivity index (χ4v) is 8.05. The van der Waals surface area contributed by atoms with Crippen molar-refractivity contribution in [3.05, 3.63) is 169 Å². The molecule has 4 nitrogen and oxygen atoms in total. The molecule has 0 bridgehead atoms. The summed E-state index contributed by atoms with van der Waals surface area (Å²) in [6.07, 6.45) is 0. The molecule has 10 rings (SSSR count). The van der Waals surface area contributed by atoms with Gasteiger partial charge in [0.05, 0.1) is 11.0 Å². The Bertz CT molecular complexity index is 2760. The van der Waals surface area contributed by atoms with E-state index in [-0.39, 0.29) is 5.41 Å². The van der Waals surface area contributed by atoms with Crippen molar-refractivity contribution in [1.29, 1.82) is 0 Å². The van der Waals surface area contributed by atoms with Crippen LogP contribution in [0.1, 0.15) is 25.0 Å². The van der Waals surface area contributed by atoms with Crippen LogP contribution in [0.25, 0.3) is 83.6 Å². The van der Waals surface area contributed by atoms with Gasteiger partial charge < -0.3 is 0 Å². The van der Waals surface area contributed by atoms with E-state index in [2.05, 4.69) is 152 Å². The van der Waals surface area contributed by atoms with E-state index < -0.39 is 0 Å². The number of para-hydroxylation sites is 1. The lowest BCUT2D eigenvalue weighted by Gasteiger charge is -2.35. The molecule has 1 aliphatic carbocycles. The van der Waals surface area contributed by atoms with Gasteiger partial charge in [0, 0.05) is 32.9 Å². The van der Waals surface area contributed by atoms with Crippen LogP contribution in [0.15, 0.2) is 158 Å². The van der Waals surface area contributed by atoms with E-state index in [4.69, 9.17) is 15.0 Å². The molecule has 0 amide bonds. The maximum Gasteiger partial charge on any atom is 0.238 e. The van der Waals surface area contributed by atoms with E-state index in [0.717, 1.165) is 27.7 Å². The van der Waals surface area contributed by atoms with Crippen LogP contribution in [-0.2, 0) is 5.41 Å². The molecule has 236 valence electrons. The normalized spacial score (nSPS) is 13.2. The summed E-state index contributed by atoms with van der Waals surface area (Å²) in [5.41, 5.74) is 11.5. The Balaban J connectivity index is 1.28. The van der Waals surface area contributed by atoms with Crippen molar-refractivity contribution in [2.75, 3.05) is 0 Å². The Hall–Kier alpha value is -6.39. The van der Waals surface area contributed by atoms with Crippen LogP contribution in [0.4, 0.5) is 0 Å². The number of nitrogens with zero attached hydrogens (tertiary/aromatic N) is 4. The van der Waals surface area contributed by atoms with E-state index in [1.54, 1.807) is 0 Å². The lowest BCUT2D eigenvalue weighted by atomic mass is 9.68. The molecule has 0 aliphatic heterocycles. The van der Waals surface area contributed by atoms with Gasteiger partial charge in [0.1, 0.15) is 0 Å². The fourth-order valence-electron chi connectivity index (χ4n) is 8.05. The van der Waals surface area contributed by atoms with Gasteiger partial charge in [-0.1, -0.05) is 159 Å². The highest BCUT2D eigenvalue weighted by molar-refractivity contribution is 6.24. The molecule has 0 spiro atoms. The third-order valence-electron chi connectivity index (χ3n) is 10.4. The summed E-state index contributed by atoms with van der Waals surface area (Å²) in [7, 11) is 0. The van der Waals surface area contributed by atoms with Crippen molar-refractivity contribution >= 4 is 32.6 Å². The predicted octanol–water partition coefficient (Wildman–Crippen LogP) is 11.4. The molecule has 0 unspecified atom stereocenters. The molecule has 0 saturated heterocycles. The van der Waals surface area contributed by atoms with Crippen LogP contribution in [0.2, 0.25) is 0 Å². The highest BCUT2D eigenvalue weighted by Gasteiger charge is 2.35. The quantitative estimate of drug-likeness (QED) is 0.192. The van der Waals surface area contributed by atoms with Crippen LogP contribution >= 0.6 is 0 Å². The third-order valence-corrected chi connectivity index (χ3v) is 10.4. The van der Waals surface area contributed by atoms with Crippen molar-refractivity contribution in [3.8, 4) is 51.0 Å². The number of hydrogen-bond acceptors (Lipinski definition) is 3. The van der Waals surface area contributed by atoms with Gasteiger partial charge in [-0.05, 0) is 50.7 Å². The molecular weight excluding hydrogens is 609 g/mol. The summed E-state index contributed by atoms with van der Waals surface area (Å²) in [5.74, 6) is 1.87. The van der Waals surface area contributed by atoms with Gasteiger partial charge in [-0.3, -0.25) is 4.57 Å². The summed E-state index contributed by atoms with van der Waals surface area (Å²) < 4.78 is 2.24. The topological polar surface area (TPSA) is 43.6 Å². The van der Waals surface area contributed by atoms with Gasteiger partial charge in [-0.25, -0.2) is 4.98 Å². The van der Waals surface area contributed by atoms with Crippen LogP contribution in [-0.4, -0.2) is 19.5 Å². The van der Waals surface area contributed by atoms with E-state index in [1.165, 1.54) is 49.4 Å². The minimum atomic E-state index is -0.126. The van der Waals surface area contributed by atoms with Crippen LogP contribution in [0, 0.1) is 0 Å². The van der Waals surface area contributed by atoms with Gasteiger partial charge in [0.25, 0.3) is 0 Å². The summed E-state index contributed by atoms with van der Waals surface area (Å²) in [4.78, 5) is 15.5. The standard InChI is InChI=1S/C46H32N4/c1-46(2)36-21-11-9-19-34(36)42-40-33(18-13-22-37(40)46)28-39-41(42)35-20-10-12-23-38(35)50(39)45-48-43(31-16-7-4-8-17-31)47-44(49-45)32-26-24-30(25-27-32)29-14-5-3-6-15-29/h3-28H,1-2H3. The van der Waals surface area contributed by atoms with Gasteiger partial charge >= 0.3 is 0 Å². The van der Waals surface area contributed by atoms with Crippen LogP contribution < -0.4 is 0 Å². The Morgan fingerprint density at radius 3 is 1.80 bits per heavy atom. The Labute approximate surface area is 290 Å². The lowest BCUT2D eigenvalue weighted by Crippen LogP contribution is -2.23. The minimum absolute atomic E-state index is 0.126. The highest BCUT2D eigenvalue weighted by atomic mass is 15.2. The largest absolute Gasteiger partial charge is 0.278 e. The van der Waals surface area contributed by atoms with Crippen molar-refractivity contribution in [2.45, 2.75) is 19.3 Å². The monoisotopic (exact) mass is 640 g/mol. The molecule has 50 heavy (non-hydrogen) atoms. The Morgan fingerprint density at radius 1 is 0.460 bits per heavy atom. The van der Waals surface area contributed by atoms with Crippen molar-refractivity contribution in [3.63, 3.8) is 0 Å². The average Bonchev–Trinajstić information content (AvgIpc) is 3.51. The summed E-state index contributed by atoms with van der Waals surface area (Å²) in [6.45, 7) is 4.70. The van der Waals surface area contributed by atoms with E-state index >= 15 is 0 Å². The summed E-state index contributed by atoms with van der Waals surface area (Å²) >= 11 is 0. The number of benzene rings is 7. The zero-order valence-electron chi connectivity index (χ0n) is 27.8. The SMILES string of the molecule is CC1(C)c2ccccc2-c2c3c1cccc3cc1c2c2ccccc2n1-c1nc(-c2ccccc2)nc(-c2ccc(-c3ccccc3)cc2)n1. The third kappa shape index (κ3) is 4.21. The summed E-state index contributed by atoms with van der Waals surface area (Å²) in [6, 6.07) is 55.8. The lowest BCUT2D eigenvalue weighted by molar-refractivity contribution is 0.645. The fraction of sp³-hybridized carbons (Fsp3) is 0.0652. The zero-order valence-corrected chi connectivity index (χ0v) is 27.8. The summed E-state index contributed by atoms with van der Waals surface area (Å²) in [5, 5.41) is 4.94. The highest BCUT2D eigenvalue weighted by Crippen LogP contribution is 2.52. The van der Waals surface area contributed by atoms with Crippen molar-refractivity contribution in [2.24, 2.45) is 0 Å². The second kappa shape index (κ2) is 10.8. The van der Waals surface area contributed by atoms with E-state index in [9.17, 15) is 0 Å². The van der Waals surface area contributed by atoms with Crippen LogP contribution in [0.5, 0.6) is 0 Å². The van der Waals surface area contributed by atoms with Crippen LogP contribution in [0.3, 0.4) is 0 Å². The van der Waals surface area contributed by atoms with Gasteiger partial charge in [-0.15, -0.1) is 0 Å². The van der Waals surface area contributed by atoms with Gasteiger partial charge in [-0.2, -0.15) is 9.97 Å². The second-order valence-corrected chi connectivity index (χ2v) is 13.7. The number of rotatable bonds is 4. The molecule has 0 saturated carbocycles. The minimum Gasteiger partial charge on any atom is -0.278 e. The molecule has 9 aromatic rings. The number of hydrogen-bond donors (Lipinski definition) is 0. The molecule has 0 fully saturated rings. The van der Waals surface area contributed by atoms with Crippen molar-refractivity contribution < 1.29 is 0 Å². The zero-order chi connectivity index (χ0) is 33.4. The second-order valence-electron chi connectivity index (χ2n) is 13.7. The first-order valence-corrected chi connectivity index (χ1v) is 17.1. The molecule has 0 atom stereocenters. The molecule has 2 heterocycles. The first-order chi connectivity index (χ1) is 24.6. The Morgan fingerprint density at radius 2 is 1.04 bits per heavy atom. The maximum absolute atomic E-state index is 5.25. The van der Waals surface area contributed by atoms with Gasteiger partial charge in [0.15, 0.2) is 11.6 Å². The smallest absolute Gasteiger partial charge is 0.238 e. The molecule has 4 heteroatoms. The molecule has 0 radical (unpaired) electrons. The van der Waals surface area contributed by atoms with E-state index in [0.29, 0.717) is 17.6 Å².